The van der Waals surface area contributed by atoms with Gasteiger partial charge in [-0.2, -0.15) is 0 Å². The molecule has 0 saturated carbocycles. The summed E-state index contributed by atoms with van der Waals surface area (Å²) in [4.78, 5) is 2.21. The Hall–Kier alpha value is -0.770. The minimum absolute atomic E-state index is 0.489. The van der Waals surface area contributed by atoms with E-state index in [4.69, 9.17) is 16.3 Å². The van der Waals surface area contributed by atoms with Crippen LogP contribution in [0.5, 0.6) is 5.75 Å². The molecule has 108 valence electrons. The van der Waals surface area contributed by atoms with E-state index >= 15 is 0 Å². The van der Waals surface area contributed by atoms with Crippen LogP contribution in [0.15, 0.2) is 18.2 Å². The first-order valence-electron chi connectivity index (χ1n) is 6.73. The smallest absolute Gasteiger partial charge is 0.123 e. The fourth-order valence-corrected chi connectivity index (χ4v) is 2.18. The topological polar surface area (TPSA) is 24.5 Å². The van der Waals surface area contributed by atoms with Crippen molar-refractivity contribution >= 4 is 11.6 Å². The molecule has 4 heteroatoms. The van der Waals surface area contributed by atoms with Crippen LogP contribution in [0.25, 0.3) is 0 Å². The molecule has 0 fully saturated rings. The Kier molecular flexibility index (Phi) is 7.21. The van der Waals surface area contributed by atoms with Gasteiger partial charge in [-0.3, -0.25) is 0 Å². The van der Waals surface area contributed by atoms with Crippen molar-refractivity contribution in [3.8, 4) is 5.75 Å². The predicted molar refractivity (Wildman–Crippen MR) is 82.1 cm³/mol. The molecule has 19 heavy (non-hydrogen) atoms. The summed E-state index contributed by atoms with van der Waals surface area (Å²) in [5.41, 5.74) is 1.11. The van der Waals surface area contributed by atoms with E-state index in [1.54, 1.807) is 7.11 Å². The van der Waals surface area contributed by atoms with Crippen LogP contribution >= 0.6 is 11.6 Å². The Bertz CT molecular complexity index is 382. The summed E-state index contributed by atoms with van der Waals surface area (Å²) in [6, 6.07) is 6.21. The average Bonchev–Trinajstić information content (AvgIpc) is 2.36. The number of ether oxygens (including phenoxy) is 1. The SMILES string of the molecule is COc1ccc(Cl)cc1CNC(C)CCCN(C)C. The van der Waals surface area contributed by atoms with Crippen LogP contribution in [-0.2, 0) is 6.54 Å². The summed E-state index contributed by atoms with van der Waals surface area (Å²) < 4.78 is 5.34. The number of nitrogens with zero attached hydrogens (tertiary/aromatic N) is 1. The van der Waals surface area contributed by atoms with Crippen molar-refractivity contribution in [3.05, 3.63) is 28.8 Å². The number of methoxy groups -OCH3 is 1. The van der Waals surface area contributed by atoms with Crippen molar-refractivity contribution in [2.24, 2.45) is 0 Å². The van der Waals surface area contributed by atoms with E-state index in [1.807, 2.05) is 18.2 Å². The second kappa shape index (κ2) is 8.41. The Morgan fingerprint density at radius 1 is 1.37 bits per heavy atom. The first-order chi connectivity index (χ1) is 9.02. The highest BCUT2D eigenvalue weighted by molar-refractivity contribution is 6.30. The van der Waals surface area contributed by atoms with Crippen LogP contribution in [0.4, 0.5) is 0 Å². The van der Waals surface area contributed by atoms with Crippen LogP contribution in [0.3, 0.4) is 0 Å². The fraction of sp³-hybridized carbons (Fsp3) is 0.600. The molecule has 0 heterocycles. The summed E-state index contributed by atoms with van der Waals surface area (Å²) in [5.74, 6) is 0.886. The van der Waals surface area contributed by atoms with Gasteiger partial charge in [-0.25, -0.2) is 0 Å². The molecule has 0 aliphatic rings. The molecule has 0 aromatic heterocycles. The van der Waals surface area contributed by atoms with Gasteiger partial charge >= 0.3 is 0 Å². The Morgan fingerprint density at radius 3 is 2.74 bits per heavy atom. The van der Waals surface area contributed by atoms with E-state index in [0.717, 1.165) is 29.4 Å². The number of hydrogen-bond donors (Lipinski definition) is 1. The van der Waals surface area contributed by atoms with Gasteiger partial charge in [0, 0.05) is 23.2 Å². The minimum Gasteiger partial charge on any atom is -0.496 e. The lowest BCUT2D eigenvalue weighted by Gasteiger charge is -2.17. The van der Waals surface area contributed by atoms with Gasteiger partial charge < -0.3 is 15.0 Å². The zero-order valence-electron chi connectivity index (χ0n) is 12.4. The quantitative estimate of drug-likeness (QED) is 0.794. The number of rotatable bonds is 8. The summed E-state index contributed by atoms with van der Waals surface area (Å²) in [7, 11) is 5.90. The maximum atomic E-state index is 6.02. The molecule has 1 N–H and O–H groups in total. The Balaban J connectivity index is 2.41. The summed E-state index contributed by atoms with van der Waals surface area (Å²) in [6.07, 6.45) is 2.37. The largest absolute Gasteiger partial charge is 0.496 e. The molecule has 1 atom stereocenters. The molecule has 0 amide bonds. The second-order valence-corrected chi connectivity index (χ2v) is 5.62. The van der Waals surface area contributed by atoms with Gasteiger partial charge in [0.25, 0.3) is 0 Å². The maximum Gasteiger partial charge on any atom is 0.123 e. The highest BCUT2D eigenvalue weighted by Crippen LogP contribution is 2.22. The maximum absolute atomic E-state index is 6.02. The van der Waals surface area contributed by atoms with Crippen LogP contribution in [-0.4, -0.2) is 38.7 Å². The van der Waals surface area contributed by atoms with E-state index in [2.05, 4.69) is 31.2 Å². The first-order valence-corrected chi connectivity index (χ1v) is 7.11. The van der Waals surface area contributed by atoms with Gasteiger partial charge in [0.15, 0.2) is 0 Å². The monoisotopic (exact) mass is 284 g/mol. The lowest BCUT2D eigenvalue weighted by atomic mass is 10.1. The summed E-state index contributed by atoms with van der Waals surface area (Å²) in [6.45, 7) is 4.13. The molecule has 1 rings (SSSR count). The van der Waals surface area contributed by atoms with Crippen molar-refractivity contribution in [1.29, 1.82) is 0 Å². The van der Waals surface area contributed by atoms with Crippen molar-refractivity contribution in [2.75, 3.05) is 27.7 Å². The standard InChI is InChI=1S/C15H25ClN2O/c1-12(6-5-9-18(2)3)17-11-13-10-14(16)7-8-15(13)19-4/h7-8,10,12,17H,5-6,9,11H2,1-4H3. The predicted octanol–water partition coefficient (Wildman–Crippen LogP) is 3.17. The zero-order chi connectivity index (χ0) is 14.3. The third-order valence-electron chi connectivity index (χ3n) is 3.13. The molecule has 0 aliphatic carbocycles. The van der Waals surface area contributed by atoms with Gasteiger partial charge in [0.2, 0.25) is 0 Å². The third kappa shape index (κ3) is 6.28. The lowest BCUT2D eigenvalue weighted by Crippen LogP contribution is -2.26. The summed E-state index contributed by atoms with van der Waals surface area (Å²) >= 11 is 6.02. The number of nitrogens with one attached hydrogen (secondary N) is 1. The Morgan fingerprint density at radius 2 is 2.11 bits per heavy atom. The van der Waals surface area contributed by atoms with Gasteiger partial charge in [0.1, 0.15) is 5.75 Å². The molecule has 0 bridgehead atoms. The highest BCUT2D eigenvalue weighted by atomic mass is 35.5. The van der Waals surface area contributed by atoms with Gasteiger partial charge in [-0.1, -0.05) is 11.6 Å². The van der Waals surface area contributed by atoms with E-state index in [1.165, 1.54) is 12.8 Å². The van der Waals surface area contributed by atoms with Gasteiger partial charge in [-0.15, -0.1) is 0 Å². The molecule has 0 spiro atoms. The number of benzene rings is 1. The Labute approximate surface area is 121 Å². The zero-order valence-corrected chi connectivity index (χ0v) is 13.1. The third-order valence-corrected chi connectivity index (χ3v) is 3.36. The normalized spacial score (nSPS) is 12.7. The van der Waals surface area contributed by atoms with Crippen LogP contribution in [0.1, 0.15) is 25.3 Å². The van der Waals surface area contributed by atoms with Crippen molar-refractivity contribution in [3.63, 3.8) is 0 Å². The number of hydrogen-bond acceptors (Lipinski definition) is 3. The van der Waals surface area contributed by atoms with Gasteiger partial charge in [0.05, 0.1) is 7.11 Å². The minimum atomic E-state index is 0.489. The van der Waals surface area contributed by atoms with E-state index in [9.17, 15) is 0 Å². The first kappa shape index (κ1) is 16.3. The molecule has 0 aliphatic heterocycles. The molecule has 1 aromatic carbocycles. The molecular weight excluding hydrogens is 260 g/mol. The summed E-state index contributed by atoms with van der Waals surface area (Å²) in [5, 5.41) is 4.27. The molecular formula is C15H25ClN2O. The van der Waals surface area contributed by atoms with E-state index in [-0.39, 0.29) is 0 Å². The van der Waals surface area contributed by atoms with Crippen molar-refractivity contribution in [1.82, 2.24) is 10.2 Å². The van der Waals surface area contributed by atoms with Gasteiger partial charge in [-0.05, 0) is 58.6 Å². The van der Waals surface area contributed by atoms with E-state index in [0.29, 0.717) is 6.04 Å². The highest BCUT2D eigenvalue weighted by Gasteiger charge is 2.06. The molecule has 3 nitrogen and oxygen atoms in total. The lowest BCUT2D eigenvalue weighted by molar-refractivity contribution is 0.373. The van der Waals surface area contributed by atoms with Crippen molar-refractivity contribution < 1.29 is 4.74 Å². The molecule has 1 unspecified atom stereocenters. The average molecular weight is 285 g/mol. The molecule has 0 radical (unpaired) electrons. The van der Waals surface area contributed by atoms with Crippen LogP contribution in [0, 0.1) is 0 Å². The second-order valence-electron chi connectivity index (χ2n) is 5.18. The number of halogens is 1. The molecule has 1 aromatic rings. The fourth-order valence-electron chi connectivity index (χ4n) is 1.99. The van der Waals surface area contributed by atoms with Crippen LogP contribution < -0.4 is 10.1 Å². The van der Waals surface area contributed by atoms with E-state index < -0.39 is 0 Å². The van der Waals surface area contributed by atoms with Crippen LogP contribution in [0.2, 0.25) is 5.02 Å². The molecule has 0 saturated heterocycles. The van der Waals surface area contributed by atoms with Crippen molar-refractivity contribution in [2.45, 2.75) is 32.4 Å².